The number of rotatable bonds is 3. The van der Waals surface area contributed by atoms with Crippen molar-refractivity contribution in [2.75, 3.05) is 12.4 Å². The van der Waals surface area contributed by atoms with Gasteiger partial charge in [-0.1, -0.05) is 6.07 Å². The minimum absolute atomic E-state index is 0.256. The van der Waals surface area contributed by atoms with Crippen LogP contribution in [0.4, 0.5) is 15.9 Å². The highest BCUT2D eigenvalue weighted by atomic mass is 19.1. The second kappa shape index (κ2) is 5.77. The van der Waals surface area contributed by atoms with E-state index in [0.717, 1.165) is 5.69 Å². The lowest BCUT2D eigenvalue weighted by Gasteiger charge is -2.09. The molecule has 0 bridgehead atoms. The Morgan fingerprint density at radius 2 is 1.91 bits per heavy atom. The van der Waals surface area contributed by atoms with Crippen molar-refractivity contribution in [1.82, 2.24) is 9.97 Å². The summed E-state index contributed by atoms with van der Waals surface area (Å²) in [5.41, 5.74) is 1.43. The number of esters is 1. The highest BCUT2D eigenvalue weighted by Crippen LogP contribution is 2.24. The van der Waals surface area contributed by atoms with Gasteiger partial charge in [0.15, 0.2) is 0 Å². The van der Waals surface area contributed by atoms with E-state index in [1.54, 1.807) is 36.4 Å². The molecule has 0 saturated heterocycles. The number of hydrogen-bond donors (Lipinski definition) is 1. The number of carbonyl (C=O) groups excluding carboxylic acids is 1. The van der Waals surface area contributed by atoms with E-state index in [1.807, 2.05) is 0 Å². The van der Waals surface area contributed by atoms with E-state index in [-0.39, 0.29) is 5.52 Å². The zero-order chi connectivity index (χ0) is 15.5. The summed E-state index contributed by atoms with van der Waals surface area (Å²) in [6.07, 6.45) is 1.30. The smallest absolute Gasteiger partial charge is 0.337 e. The molecule has 0 aliphatic carbocycles. The Kier molecular flexibility index (Phi) is 3.65. The molecule has 1 aromatic heterocycles. The van der Waals surface area contributed by atoms with Gasteiger partial charge in [0.1, 0.15) is 23.5 Å². The average Bonchev–Trinajstić information content (AvgIpc) is 2.56. The van der Waals surface area contributed by atoms with Crippen LogP contribution in [0.5, 0.6) is 0 Å². The summed E-state index contributed by atoms with van der Waals surface area (Å²) in [7, 11) is 1.33. The lowest BCUT2D eigenvalue weighted by Crippen LogP contribution is -2.01. The Hall–Kier alpha value is -3.02. The summed E-state index contributed by atoms with van der Waals surface area (Å²) >= 11 is 0. The minimum Gasteiger partial charge on any atom is -0.465 e. The van der Waals surface area contributed by atoms with Crippen LogP contribution in [0.15, 0.2) is 48.8 Å². The molecule has 6 heteroatoms. The van der Waals surface area contributed by atoms with Crippen LogP contribution < -0.4 is 5.32 Å². The van der Waals surface area contributed by atoms with Crippen LogP contribution in [-0.4, -0.2) is 23.0 Å². The normalized spacial score (nSPS) is 10.5. The van der Waals surface area contributed by atoms with Gasteiger partial charge in [0.05, 0.1) is 12.7 Å². The van der Waals surface area contributed by atoms with E-state index in [0.29, 0.717) is 16.8 Å². The second-order valence-electron chi connectivity index (χ2n) is 4.55. The van der Waals surface area contributed by atoms with Crippen molar-refractivity contribution in [3.63, 3.8) is 0 Å². The van der Waals surface area contributed by atoms with E-state index < -0.39 is 11.8 Å². The van der Waals surface area contributed by atoms with Crippen molar-refractivity contribution in [1.29, 1.82) is 0 Å². The second-order valence-corrected chi connectivity index (χ2v) is 4.55. The number of benzene rings is 2. The number of ether oxygens (including phenoxy) is 1. The molecule has 22 heavy (non-hydrogen) atoms. The minimum atomic E-state index is -0.402. The third-order valence-electron chi connectivity index (χ3n) is 3.18. The molecule has 3 rings (SSSR count). The quantitative estimate of drug-likeness (QED) is 0.751. The zero-order valence-electron chi connectivity index (χ0n) is 11.7. The molecule has 0 spiro atoms. The fourth-order valence-electron chi connectivity index (χ4n) is 2.10. The highest BCUT2D eigenvalue weighted by molar-refractivity contribution is 5.92. The van der Waals surface area contributed by atoms with Gasteiger partial charge in [0.25, 0.3) is 0 Å². The zero-order valence-corrected chi connectivity index (χ0v) is 11.7. The third kappa shape index (κ3) is 2.58. The first-order chi connectivity index (χ1) is 10.7. The third-order valence-corrected chi connectivity index (χ3v) is 3.18. The average molecular weight is 297 g/mol. The summed E-state index contributed by atoms with van der Waals surface area (Å²) in [5, 5.41) is 3.67. The van der Waals surface area contributed by atoms with Crippen LogP contribution in [0, 0.1) is 5.82 Å². The SMILES string of the molecule is COC(=O)c1ccc(Nc2ncnc3c(F)cccc23)cc1. The Balaban J connectivity index is 1.93. The lowest BCUT2D eigenvalue weighted by atomic mass is 10.2. The number of para-hydroxylation sites is 1. The molecule has 2 aromatic carbocycles. The molecule has 1 N–H and O–H groups in total. The van der Waals surface area contributed by atoms with Gasteiger partial charge in [-0.2, -0.15) is 0 Å². The summed E-state index contributed by atoms with van der Waals surface area (Å²) in [5.74, 6) is -0.305. The molecule has 0 radical (unpaired) electrons. The Labute approximate surface area is 125 Å². The fourth-order valence-corrected chi connectivity index (χ4v) is 2.10. The van der Waals surface area contributed by atoms with Crippen molar-refractivity contribution >= 4 is 28.4 Å². The number of nitrogens with zero attached hydrogens (tertiary/aromatic N) is 2. The molecule has 110 valence electrons. The lowest BCUT2D eigenvalue weighted by molar-refractivity contribution is 0.0601. The number of methoxy groups -OCH3 is 1. The van der Waals surface area contributed by atoms with Crippen LogP contribution in [0.1, 0.15) is 10.4 Å². The van der Waals surface area contributed by atoms with Gasteiger partial charge < -0.3 is 10.1 Å². The molecular weight excluding hydrogens is 285 g/mol. The van der Waals surface area contributed by atoms with Crippen molar-refractivity contribution in [3.8, 4) is 0 Å². The van der Waals surface area contributed by atoms with Crippen molar-refractivity contribution in [2.45, 2.75) is 0 Å². The fraction of sp³-hybridized carbons (Fsp3) is 0.0625. The van der Waals surface area contributed by atoms with Crippen LogP contribution in [0.2, 0.25) is 0 Å². The van der Waals surface area contributed by atoms with Gasteiger partial charge in [-0.3, -0.25) is 0 Å². The number of hydrogen-bond acceptors (Lipinski definition) is 5. The topological polar surface area (TPSA) is 64.1 Å². The maximum Gasteiger partial charge on any atom is 0.337 e. The predicted octanol–water partition coefficient (Wildman–Crippen LogP) is 3.30. The van der Waals surface area contributed by atoms with Gasteiger partial charge >= 0.3 is 5.97 Å². The van der Waals surface area contributed by atoms with Crippen LogP contribution >= 0.6 is 0 Å². The summed E-state index contributed by atoms with van der Waals surface area (Å²) < 4.78 is 18.4. The van der Waals surface area contributed by atoms with E-state index >= 15 is 0 Å². The van der Waals surface area contributed by atoms with Gasteiger partial charge in [0, 0.05) is 11.1 Å². The molecule has 0 saturated carbocycles. The summed E-state index contributed by atoms with van der Waals surface area (Å²) in [6, 6.07) is 11.4. The molecule has 0 aliphatic rings. The van der Waals surface area contributed by atoms with E-state index in [9.17, 15) is 9.18 Å². The molecule has 0 atom stereocenters. The van der Waals surface area contributed by atoms with Gasteiger partial charge in [-0.25, -0.2) is 19.2 Å². The van der Waals surface area contributed by atoms with Crippen LogP contribution in [0.25, 0.3) is 10.9 Å². The maximum atomic E-state index is 13.7. The number of halogens is 1. The number of fused-ring (bicyclic) bond motifs is 1. The van der Waals surface area contributed by atoms with E-state index in [4.69, 9.17) is 0 Å². The van der Waals surface area contributed by atoms with Gasteiger partial charge in [-0.05, 0) is 36.4 Å². The Morgan fingerprint density at radius 1 is 1.14 bits per heavy atom. The van der Waals surface area contributed by atoms with E-state index in [1.165, 1.54) is 19.5 Å². The molecular formula is C16H12FN3O2. The molecule has 3 aromatic rings. The van der Waals surface area contributed by atoms with Crippen molar-refractivity contribution in [3.05, 3.63) is 60.2 Å². The molecule has 0 unspecified atom stereocenters. The maximum absolute atomic E-state index is 13.7. The largest absolute Gasteiger partial charge is 0.465 e. The molecule has 1 heterocycles. The van der Waals surface area contributed by atoms with Crippen LogP contribution in [0.3, 0.4) is 0 Å². The molecule has 0 amide bonds. The number of anilines is 2. The highest BCUT2D eigenvalue weighted by Gasteiger charge is 2.08. The summed E-state index contributed by atoms with van der Waals surface area (Å²) in [4.78, 5) is 19.5. The van der Waals surface area contributed by atoms with Crippen molar-refractivity contribution in [2.24, 2.45) is 0 Å². The van der Waals surface area contributed by atoms with Gasteiger partial charge in [-0.15, -0.1) is 0 Å². The Morgan fingerprint density at radius 3 is 2.64 bits per heavy atom. The monoisotopic (exact) mass is 297 g/mol. The first-order valence-electron chi connectivity index (χ1n) is 6.53. The number of nitrogens with one attached hydrogen (secondary N) is 1. The number of carbonyl (C=O) groups is 1. The first-order valence-corrected chi connectivity index (χ1v) is 6.53. The molecule has 0 fully saturated rings. The molecule has 0 aliphatic heterocycles. The standard InChI is InChI=1S/C16H12FN3O2/c1-22-16(21)10-5-7-11(8-6-10)20-15-12-3-2-4-13(17)14(12)18-9-19-15/h2-9H,1H3,(H,18,19,20). The molecule has 5 nitrogen and oxygen atoms in total. The summed E-state index contributed by atoms with van der Waals surface area (Å²) in [6.45, 7) is 0. The van der Waals surface area contributed by atoms with Gasteiger partial charge in [0.2, 0.25) is 0 Å². The Bertz CT molecular complexity index is 834. The van der Waals surface area contributed by atoms with E-state index in [2.05, 4.69) is 20.0 Å². The van der Waals surface area contributed by atoms with Crippen LogP contribution in [-0.2, 0) is 4.74 Å². The number of aromatic nitrogens is 2. The first kappa shape index (κ1) is 13.9. The predicted molar refractivity (Wildman–Crippen MR) is 80.6 cm³/mol. The van der Waals surface area contributed by atoms with Crippen molar-refractivity contribution < 1.29 is 13.9 Å².